The van der Waals surface area contributed by atoms with Crippen molar-refractivity contribution < 1.29 is 9.50 Å². The molecule has 0 heterocycles. The van der Waals surface area contributed by atoms with E-state index in [9.17, 15) is 9.50 Å². The molecule has 18 heavy (non-hydrogen) atoms. The number of hydrogen-bond donors (Lipinski definition) is 2. The molecule has 1 fully saturated rings. The van der Waals surface area contributed by atoms with Crippen LogP contribution in [0.1, 0.15) is 33.6 Å². The molecule has 100 valence electrons. The first-order valence-corrected chi connectivity index (χ1v) is 6.52. The van der Waals surface area contributed by atoms with Crippen molar-refractivity contribution in [2.24, 2.45) is 11.3 Å². The average Bonchev–Trinajstić information content (AvgIpc) is 2.52. The van der Waals surface area contributed by atoms with E-state index in [0.717, 1.165) is 12.8 Å². The Bertz CT molecular complexity index is 432. The Hall–Kier alpha value is -1.09. The molecular weight excluding hydrogens is 229 g/mol. The summed E-state index contributed by atoms with van der Waals surface area (Å²) in [5.74, 6) is 0.0549. The predicted octanol–water partition coefficient (Wildman–Crippen LogP) is 3.42. The van der Waals surface area contributed by atoms with E-state index >= 15 is 0 Å². The van der Waals surface area contributed by atoms with Crippen LogP contribution in [0.3, 0.4) is 0 Å². The lowest BCUT2D eigenvalue weighted by Gasteiger charge is -2.35. The maximum absolute atomic E-state index is 13.7. The lowest BCUT2D eigenvalue weighted by atomic mass is 9.86. The van der Waals surface area contributed by atoms with Gasteiger partial charge in [-0.05, 0) is 36.3 Å². The second-order valence-electron chi connectivity index (χ2n) is 6.37. The monoisotopic (exact) mass is 251 g/mol. The van der Waals surface area contributed by atoms with E-state index in [0.29, 0.717) is 11.6 Å². The van der Waals surface area contributed by atoms with Gasteiger partial charge in [-0.15, -0.1) is 0 Å². The van der Waals surface area contributed by atoms with Crippen molar-refractivity contribution in [3.8, 4) is 0 Å². The van der Waals surface area contributed by atoms with Crippen molar-refractivity contribution in [3.63, 3.8) is 0 Å². The number of anilines is 1. The van der Waals surface area contributed by atoms with E-state index < -0.39 is 5.54 Å². The molecule has 2 nitrogen and oxygen atoms in total. The van der Waals surface area contributed by atoms with Crippen molar-refractivity contribution in [2.75, 3.05) is 11.9 Å². The van der Waals surface area contributed by atoms with Gasteiger partial charge in [-0.1, -0.05) is 32.9 Å². The van der Waals surface area contributed by atoms with Crippen LogP contribution >= 0.6 is 0 Å². The zero-order valence-corrected chi connectivity index (χ0v) is 11.3. The normalized spacial score (nSPS) is 30.4. The molecule has 1 aliphatic carbocycles. The Balaban J connectivity index is 2.27. The van der Waals surface area contributed by atoms with E-state index in [4.69, 9.17) is 0 Å². The fraction of sp³-hybridized carbons (Fsp3) is 0.600. The number of nitrogens with one attached hydrogen (secondary N) is 1. The minimum atomic E-state index is -0.411. The van der Waals surface area contributed by atoms with E-state index in [1.54, 1.807) is 18.2 Å². The first kappa shape index (κ1) is 13.3. The van der Waals surface area contributed by atoms with Crippen molar-refractivity contribution >= 4 is 5.69 Å². The fourth-order valence-electron chi connectivity index (χ4n) is 3.37. The molecule has 3 heteroatoms. The van der Waals surface area contributed by atoms with E-state index in [2.05, 4.69) is 26.1 Å². The average molecular weight is 251 g/mol. The van der Waals surface area contributed by atoms with Crippen LogP contribution in [0, 0.1) is 17.2 Å². The largest absolute Gasteiger partial charge is 0.394 e. The van der Waals surface area contributed by atoms with Crippen LogP contribution in [-0.4, -0.2) is 17.3 Å². The molecule has 2 atom stereocenters. The highest BCUT2D eigenvalue weighted by Crippen LogP contribution is 2.48. The Kier molecular flexibility index (Phi) is 3.37. The summed E-state index contributed by atoms with van der Waals surface area (Å²) in [4.78, 5) is 0. The Labute approximate surface area is 108 Å². The van der Waals surface area contributed by atoms with Gasteiger partial charge >= 0.3 is 0 Å². The quantitative estimate of drug-likeness (QED) is 0.862. The smallest absolute Gasteiger partial charge is 0.146 e. The number of aliphatic hydroxyl groups is 1. The molecule has 0 aromatic heterocycles. The zero-order chi connectivity index (χ0) is 13.4. The minimum Gasteiger partial charge on any atom is -0.394 e. The number of aliphatic hydroxyl groups excluding tert-OH is 1. The molecule has 0 aliphatic heterocycles. The highest BCUT2D eigenvalue weighted by molar-refractivity contribution is 5.47. The van der Waals surface area contributed by atoms with E-state index in [1.807, 2.05) is 0 Å². The van der Waals surface area contributed by atoms with Crippen molar-refractivity contribution in [2.45, 2.75) is 39.2 Å². The number of hydrogen-bond acceptors (Lipinski definition) is 2. The van der Waals surface area contributed by atoms with Crippen LogP contribution in [0.5, 0.6) is 0 Å². The maximum Gasteiger partial charge on any atom is 0.146 e. The highest BCUT2D eigenvalue weighted by Gasteiger charge is 2.48. The third-order valence-corrected chi connectivity index (χ3v) is 4.14. The third kappa shape index (κ3) is 2.37. The van der Waals surface area contributed by atoms with Gasteiger partial charge in [-0.25, -0.2) is 4.39 Å². The van der Waals surface area contributed by atoms with Gasteiger partial charge in [0.05, 0.1) is 17.8 Å². The van der Waals surface area contributed by atoms with Crippen molar-refractivity contribution in [1.82, 2.24) is 0 Å². The van der Waals surface area contributed by atoms with Crippen LogP contribution in [0.2, 0.25) is 0 Å². The number of benzene rings is 1. The first-order valence-electron chi connectivity index (χ1n) is 6.52. The summed E-state index contributed by atoms with van der Waals surface area (Å²) in [5, 5.41) is 13.0. The highest BCUT2D eigenvalue weighted by atomic mass is 19.1. The molecule has 0 spiro atoms. The number of para-hydroxylation sites is 1. The minimum absolute atomic E-state index is 0.0337. The molecular formula is C15H22FNO. The van der Waals surface area contributed by atoms with E-state index in [-0.39, 0.29) is 17.8 Å². The third-order valence-electron chi connectivity index (χ3n) is 4.14. The summed E-state index contributed by atoms with van der Waals surface area (Å²) in [7, 11) is 0. The molecule has 1 aromatic carbocycles. The lowest BCUT2D eigenvalue weighted by Crippen LogP contribution is -2.45. The number of rotatable bonds is 3. The standard InChI is InChI=1S/C15H22FNO/c1-11-8-14(2,3)9-15(11,10-18)17-13-7-5-4-6-12(13)16/h4-7,11,17-18H,8-10H2,1-3H3. The Morgan fingerprint density at radius 1 is 1.39 bits per heavy atom. The summed E-state index contributed by atoms with van der Waals surface area (Å²) in [6.07, 6.45) is 1.89. The Morgan fingerprint density at radius 2 is 2.06 bits per heavy atom. The van der Waals surface area contributed by atoms with E-state index in [1.165, 1.54) is 6.07 Å². The second-order valence-corrected chi connectivity index (χ2v) is 6.37. The molecule has 0 bridgehead atoms. The van der Waals surface area contributed by atoms with Gasteiger partial charge in [0.15, 0.2) is 0 Å². The SMILES string of the molecule is CC1CC(C)(C)CC1(CO)Nc1ccccc1F. The summed E-state index contributed by atoms with van der Waals surface area (Å²) < 4.78 is 13.7. The number of halogens is 1. The molecule has 1 aliphatic rings. The van der Waals surface area contributed by atoms with Gasteiger partial charge in [0.1, 0.15) is 5.82 Å². The molecule has 0 amide bonds. The second kappa shape index (κ2) is 4.54. The molecule has 1 saturated carbocycles. The molecule has 0 radical (unpaired) electrons. The van der Waals surface area contributed by atoms with Gasteiger partial charge in [0.25, 0.3) is 0 Å². The summed E-state index contributed by atoms with van der Waals surface area (Å²) >= 11 is 0. The molecule has 2 N–H and O–H groups in total. The molecule has 1 aromatic rings. The van der Waals surface area contributed by atoms with Crippen LogP contribution in [0.25, 0.3) is 0 Å². The Morgan fingerprint density at radius 3 is 2.56 bits per heavy atom. The van der Waals surface area contributed by atoms with Gasteiger partial charge < -0.3 is 10.4 Å². The van der Waals surface area contributed by atoms with Gasteiger partial charge in [0.2, 0.25) is 0 Å². The molecule has 0 saturated heterocycles. The predicted molar refractivity (Wildman–Crippen MR) is 72.0 cm³/mol. The van der Waals surface area contributed by atoms with Crippen molar-refractivity contribution in [1.29, 1.82) is 0 Å². The zero-order valence-electron chi connectivity index (χ0n) is 11.3. The van der Waals surface area contributed by atoms with Gasteiger partial charge in [-0.3, -0.25) is 0 Å². The van der Waals surface area contributed by atoms with Crippen molar-refractivity contribution in [3.05, 3.63) is 30.1 Å². The first-order chi connectivity index (χ1) is 8.38. The fourth-order valence-corrected chi connectivity index (χ4v) is 3.37. The van der Waals surface area contributed by atoms with Crippen LogP contribution in [-0.2, 0) is 0 Å². The van der Waals surface area contributed by atoms with Crippen LogP contribution in [0.4, 0.5) is 10.1 Å². The summed E-state index contributed by atoms with van der Waals surface area (Å²) in [6, 6.07) is 6.65. The summed E-state index contributed by atoms with van der Waals surface area (Å²) in [6.45, 7) is 6.55. The van der Waals surface area contributed by atoms with Crippen LogP contribution in [0.15, 0.2) is 24.3 Å². The van der Waals surface area contributed by atoms with Crippen LogP contribution < -0.4 is 5.32 Å². The van der Waals surface area contributed by atoms with Gasteiger partial charge in [-0.2, -0.15) is 0 Å². The topological polar surface area (TPSA) is 32.3 Å². The maximum atomic E-state index is 13.7. The molecule has 2 rings (SSSR count). The molecule has 2 unspecified atom stereocenters. The summed E-state index contributed by atoms with van der Waals surface area (Å²) in [5.41, 5.74) is 0.252. The lowest BCUT2D eigenvalue weighted by molar-refractivity contribution is 0.178. The van der Waals surface area contributed by atoms with Gasteiger partial charge in [0, 0.05) is 0 Å².